The summed E-state index contributed by atoms with van der Waals surface area (Å²) >= 11 is 0. The SMILES string of the molecule is CCn1ncc2c(NC3CCS(=O)(=O)CC3)c(C3=C(C)C(C(=O)OCC(=O)OC)ON3)cnc21. The molecule has 0 bridgehead atoms. The molecular weight excluding hydrogens is 466 g/mol. The zero-order valence-electron chi connectivity index (χ0n) is 19.2. The Morgan fingerprint density at radius 2 is 2.03 bits per heavy atom. The third kappa shape index (κ3) is 4.71. The highest BCUT2D eigenvalue weighted by Gasteiger charge is 2.34. The Morgan fingerprint density at radius 1 is 1.29 bits per heavy atom. The molecule has 12 nitrogen and oxygen atoms in total. The van der Waals surface area contributed by atoms with Crippen molar-refractivity contribution < 1.29 is 32.3 Å². The third-order valence-corrected chi connectivity index (χ3v) is 7.69. The third-order valence-electron chi connectivity index (χ3n) is 5.98. The Morgan fingerprint density at radius 3 is 2.71 bits per heavy atom. The topological polar surface area (TPSA) is 151 Å². The van der Waals surface area contributed by atoms with Gasteiger partial charge in [-0.25, -0.2) is 27.7 Å². The number of nitrogens with one attached hydrogen (secondary N) is 2. The van der Waals surface area contributed by atoms with Gasteiger partial charge < -0.3 is 14.8 Å². The van der Waals surface area contributed by atoms with Crippen LogP contribution in [0.1, 0.15) is 32.3 Å². The van der Waals surface area contributed by atoms with Gasteiger partial charge in [0.25, 0.3) is 0 Å². The maximum atomic E-state index is 12.4. The Hall–Kier alpha value is -3.19. The van der Waals surface area contributed by atoms with Crippen LogP contribution in [0.5, 0.6) is 0 Å². The van der Waals surface area contributed by atoms with E-state index in [0.29, 0.717) is 41.9 Å². The Bertz CT molecular complexity index is 1240. The van der Waals surface area contributed by atoms with Crippen LogP contribution in [0, 0.1) is 0 Å². The molecule has 2 aromatic heterocycles. The zero-order chi connectivity index (χ0) is 24.5. The maximum Gasteiger partial charge on any atom is 0.344 e. The fourth-order valence-corrected chi connectivity index (χ4v) is 5.51. The predicted molar refractivity (Wildman–Crippen MR) is 122 cm³/mol. The van der Waals surface area contributed by atoms with Crippen molar-refractivity contribution in [3.05, 3.63) is 23.5 Å². The average Bonchev–Trinajstić information content (AvgIpc) is 3.42. The van der Waals surface area contributed by atoms with Crippen molar-refractivity contribution in [3.8, 4) is 0 Å². The Balaban J connectivity index is 1.67. The van der Waals surface area contributed by atoms with Crippen LogP contribution in [0.4, 0.5) is 5.69 Å². The fraction of sp³-hybridized carbons (Fsp3) is 0.524. The predicted octanol–water partition coefficient (Wildman–Crippen LogP) is 0.791. The first kappa shape index (κ1) is 24.0. The lowest BCUT2D eigenvalue weighted by molar-refractivity contribution is -0.164. The molecule has 0 radical (unpaired) electrons. The first-order chi connectivity index (χ1) is 16.2. The quantitative estimate of drug-likeness (QED) is 0.527. The van der Waals surface area contributed by atoms with Gasteiger partial charge in [-0.15, -0.1) is 0 Å². The molecule has 1 atom stereocenters. The molecule has 1 unspecified atom stereocenters. The number of pyridine rings is 1. The van der Waals surface area contributed by atoms with Crippen LogP contribution in [0.25, 0.3) is 16.7 Å². The zero-order valence-corrected chi connectivity index (χ0v) is 20.0. The van der Waals surface area contributed by atoms with Gasteiger partial charge in [0, 0.05) is 24.3 Å². The highest BCUT2D eigenvalue weighted by atomic mass is 32.2. The molecule has 0 aliphatic carbocycles. The standard InChI is InChI=1S/C21H27N5O7S/c1-4-26-20-15(10-23-26)18(24-13-5-7-34(29,30)8-6-13)14(9-22-20)17-12(2)19(33-25-17)21(28)32-11-16(27)31-3/h9-10,13,19,25H,4-8,11H2,1-3H3,(H,22,24). The molecule has 1 saturated heterocycles. The van der Waals surface area contributed by atoms with Gasteiger partial charge in [0.15, 0.2) is 12.3 Å². The number of ether oxygens (including phenoxy) is 2. The number of hydroxylamine groups is 1. The second-order valence-corrected chi connectivity index (χ2v) is 10.5. The minimum Gasteiger partial charge on any atom is -0.466 e. The highest BCUT2D eigenvalue weighted by molar-refractivity contribution is 7.91. The van der Waals surface area contributed by atoms with E-state index in [1.807, 2.05) is 6.92 Å². The second kappa shape index (κ2) is 9.58. The summed E-state index contributed by atoms with van der Waals surface area (Å²) < 4.78 is 35.0. The van der Waals surface area contributed by atoms with Crippen molar-refractivity contribution in [2.24, 2.45) is 0 Å². The Labute approximate surface area is 196 Å². The first-order valence-electron chi connectivity index (χ1n) is 10.9. The van der Waals surface area contributed by atoms with E-state index < -0.39 is 34.5 Å². The number of sulfone groups is 1. The molecule has 34 heavy (non-hydrogen) atoms. The number of anilines is 1. The first-order valence-corrected chi connectivity index (χ1v) is 12.7. The lowest BCUT2D eigenvalue weighted by atomic mass is 10.0. The van der Waals surface area contributed by atoms with Gasteiger partial charge >= 0.3 is 11.9 Å². The van der Waals surface area contributed by atoms with E-state index in [4.69, 9.17) is 9.57 Å². The van der Waals surface area contributed by atoms with Gasteiger partial charge in [0.2, 0.25) is 6.10 Å². The van der Waals surface area contributed by atoms with E-state index >= 15 is 0 Å². The van der Waals surface area contributed by atoms with Crippen LogP contribution in [0.3, 0.4) is 0 Å². The summed E-state index contributed by atoms with van der Waals surface area (Å²) in [6.07, 6.45) is 3.29. The average molecular weight is 494 g/mol. The molecule has 0 spiro atoms. The monoisotopic (exact) mass is 493 g/mol. The lowest BCUT2D eigenvalue weighted by Crippen LogP contribution is -2.32. The summed E-state index contributed by atoms with van der Waals surface area (Å²) in [6, 6.07) is -0.0538. The van der Waals surface area contributed by atoms with Crippen LogP contribution < -0.4 is 10.8 Å². The van der Waals surface area contributed by atoms with Crippen LogP contribution in [-0.2, 0) is 40.3 Å². The van der Waals surface area contributed by atoms with E-state index in [9.17, 15) is 18.0 Å². The normalized spacial score (nSPS) is 20.3. The van der Waals surface area contributed by atoms with Gasteiger partial charge in [-0.2, -0.15) is 5.10 Å². The molecule has 2 aliphatic heterocycles. The van der Waals surface area contributed by atoms with Crippen LogP contribution in [0.2, 0.25) is 0 Å². The second-order valence-electron chi connectivity index (χ2n) is 8.16. The van der Waals surface area contributed by atoms with E-state index in [2.05, 4.69) is 25.6 Å². The smallest absolute Gasteiger partial charge is 0.344 e. The van der Waals surface area contributed by atoms with Crippen LogP contribution in [0.15, 0.2) is 18.0 Å². The number of aryl methyl sites for hydroxylation is 1. The van der Waals surface area contributed by atoms with Gasteiger partial charge in [0.05, 0.1) is 41.6 Å². The number of hydrogen-bond acceptors (Lipinski definition) is 11. The van der Waals surface area contributed by atoms with Crippen molar-refractivity contribution in [2.75, 3.05) is 30.5 Å². The number of fused-ring (bicyclic) bond motifs is 1. The van der Waals surface area contributed by atoms with Crippen molar-refractivity contribution in [1.82, 2.24) is 20.2 Å². The van der Waals surface area contributed by atoms with Crippen molar-refractivity contribution in [2.45, 2.75) is 45.4 Å². The van der Waals surface area contributed by atoms with Crippen molar-refractivity contribution >= 4 is 44.2 Å². The molecular formula is C21H27N5O7S. The largest absolute Gasteiger partial charge is 0.466 e. The van der Waals surface area contributed by atoms with Gasteiger partial charge in [-0.3, -0.25) is 10.3 Å². The van der Waals surface area contributed by atoms with E-state index in [1.54, 1.807) is 24.0 Å². The van der Waals surface area contributed by atoms with E-state index in [-0.39, 0.29) is 17.5 Å². The van der Waals surface area contributed by atoms with Crippen molar-refractivity contribution in [3.63, 3.8) is 0 Å². The summed E-state index contributed by atoms with van der Waals surface area (Å²) in [5.41, 5.74) is 5.93. The van der Waals surface area contributed by atoms with Gasteiger partial charge in [-0.1, -0.05) is 0 Å². The minimum atomic E-state index is -3.01. The summed E-state index contributed by atoms with van der Waals surface area (Å²) in [7, 11) is -1.81. The fourth-order valence-electron chi connectivity index (χ4n) is 4.02. The number of rotatable bonds is 7. The number of methoxy groups -OCH3 is 1. The maximum absolute atomic E-state index is 12.4. The lowest BCUT2D eigenvalue weighted by Gasteiger charge is -2.26. The minimum absolute atomic E-state index is 0.0538. The van der Waals surface area contributed by atoms with E-state index in [1.165, 1.54) is 7.11 Å². The molecule has 0 saturated carbocycles. The molecule has 184 valence electrons. The molecule has 2 N–H and O–H groups in total. The molecule has 1 fully saturated rings. The number of nitrogens with zero attached hydrogens (tertiary/aromatic N) is 3. The molecule has 0 aromatic carbocycles. The molecule has 13 heteroatoms. The number of carbonyl (C=O) groups excluding carboxylic acids is 2. The molecule has 4 heterocycles. The van der Waals surface area contributed by atoms with Crippen LogP contribution in [-0.4, -0.2) is 72.5 Å². The van der Waals surface area contributed by atoms with Crippen molar-refractivity contribution in [1.29, 1.82) is 0 Å². The van der Waals surface area contributed by atoms with Gasteiger partial charge in [-0.05, 0) is 32.3 Å². The number of esters is 2. The number of hydrogen-bond donors (Lipinski definition) is 2. The van der Waals surface area contributed by atoms with E-state index in [0.717, 1.165) is 11.1 Å². The van der Waals surface area contributed by atoms with Crippen LogP contribution >= 0.6 is 0 Å². The van der Waals surface area contributed by atoms with Gasteiger partial charge in [0.1, 0.15) is 9.84 Å². The molecule has 2 aliphatic rings. The number of carbonyl (C=O) groups is 2. The number of aromatic nitrogens is 3. The Kier molecular flexibility index (Phi) is 6.75. The summed E-state index contributed by atoms with van der Waals surface area (Å²) in [5.74, 6) is -1.16. The highest BCUT2D eigenvalue weighted by Crippen LogP contribution is 2.36. The molecule has 0 amide bonds. The summed E-state index contributed by atoms with van der Waals surface area (Å²) in [5, 5.41) is 8.66. The molecule has 2 aromatic rings. The molecule has 4 rings (SSSR count). The summed E-state index contributed by atoms with van der Waals surface area (Å²) in [4.78, 5) is 33.8. The summed E-state index contributed by atoms with van der Waals surface area (Å²) in [6.45, 7) is 3.80.